The summed E-state index contributed by atoms with van der Waals surface area (Å²) in [6.07, 6.45) is 0. The van der Waals surface area contributed by atoms with Crippen LogP contribution in [0, 0.1) is 0 Å². The van der Waals surface area contributed by atoms with Gasteiger partial charge < -0.3 is 4.43 Å². The van der Waals surface area contributed by atoms with Crippen LogP contribution in [0.5, 0.6) is 0 Å². The van der Waals surface area contributed by atoms with Crippen molar-refractivity contribution in [3.8, 4) is 0 Å². The molecule has 11 heavy (non-hydrogen) atoms. The summed E-state index contributed by atoms with van der Waals surface area (Å²) >= 11 is 3.22. The van der Waals surface area contributed by atoms with Gasteiger partial charge in [0.15, 0.2) is 0 Å². The number of rotatable bonds is 2. The maximum absolute atomic E-state index is 5.66. The smallest absolute Gasteiger partial charge is 0.251 e. The fourth-order valence-corrected chi connectivity index (χ4v) is 2.50. The van der Waals surface area contributed by atoms with E-state index in [1.807, 2.05) is 0 Å². The third-order valence-corrected chi connectivity index (χ3v) is 7.00. The number of hydrogen-bond acceptors (Lipinski definition) is 1. The molecule has 0 atom stereocenters. The lowest BCUT2D eigenvalue weighted by molar-refractivity contribution is 0.422. The molecule has 0 aromatic heterocycles. The van der Waals surface area contributed by atoms with Crippen molar-refractivity contribution in [2.75, 3.05) is 0 Å². The molecule has 0 rings (SSSR count). The van der Waals surface area contributed by atoms with E-state index in [1.165, 1.54) is 0 Å². The van der Waals surface area contributed by atoms with Crippen LogP contribution in [0.1, 0.15) is 20.8 Å². The van der Waals surface area contributed by atoms with Crippen LogP contribution in [0.4, 0.5) is 0 Å². The molecular formula is C8H17BrOSi. The molecule has 0 saturated heterocycles. The lowest BCUT2D eigenvalue weighted by Gasteiger charge is -2.35. The second-order valence-corrected chi connectivity index (χ2v) is 9.83. The van der Waals surface area contributed by atoms with Crippen molar-refractivity contribution in [3.05, 3.63) is 11.2 Å². The second-order valence-electron chi connectivity index (χ2n) is 4.22. The monoisotopic (exact) mass is 236 g/mol. The van der Waals surface area contributed by atoms with E-state index in [4.69, 9.17) is 4.43 Å². The number of hydrogen-bond donors (Lipinski definition) is 0. The van der Waals surface area contributed by atoms with Gasteiger partial charge in [-0.25, -0.2) is 0 Å². The van der Waals surface area contributed by atoms with Gasteiger partial charge in [-0.3, -0.25) is 0 Å². The van der Waals surface area contributed by atoms with Crippen molar-refractivity contribution >= 4 is 24.2 Å². The Labute approximate surface area is 79.1 Å². The van der Waals surface area contributed by atoms with Gasteiger partial charge >= 0.3 is 0 Å². The molecule has 0 N–H and O–H groups in total. The maximum Gasteiger partial charge on any atom is 0.251 e. The van der Waals surface area contributed by atoms with Crippen LogP contribution in [-0.2, 0) is 4.43 Å². The molecule has 66 valence electrons. The molecule has 0 aromatic rings. The Morgan fingerprint density at radius 3 is 1.82 bits per heavy atom. The zero-order valence-corrected chi connectivity index (χ0v) is 10.6. The molecule has 0 aliphatic rings. The third-order valence-electron chi connectivity index (χ3n) is 2.17. The first kappa shape index (κ1) is 11.2. The van der Waals surface area contributed by atoms with Crippen molar-refractivity contribution in [2.24, 2.45) is 0 Å². The van der Waals surface area contributed by atoms with Crippen molar-refractivity contribution in [1.29, 1.82) is 0 Å². The van der Waals surface area contributed by atoms with Gasteiger partial charge in [0.1, 0.15) is 4.67 Å². The molecule has 0 fully saturated rings. The third kappa shape index (κ3) is 3.43. The van der Waals surface area contributed by atoms with Crippen LogP contribution in [0.3, 0.4) is 0 Å². The minimum Gasteiger partial charge on any atom is -0.539 e. The Morgan fingerprint density at radius 1 is 1.36 bits per heavy atom. The Morgan fingerprint density at radius 2 is 1.73 bits per heavy atom. The highest BCUT2D eigenvalue weighted by molar-refractivity contribution is 9.11. The summed E-state index contributed by atoms with van der Waals surface area (Å²) in [5.74, 6) is 0. The lowest BCUT2D eigenvalue weighted by Crippen LogP contribution is -2.39. The van der Waals surface area contributed by atoms with E-state index in [0.717, 1.165) is 0 Å². The maximum atomic E-state index is 5.66. The summed E-state index contributed by atoms with van der Waals surface area (Å²) in [6, 6.07) is 0. The zero-order chi connectivity index (χ0) is 9.28. The van der Waals surface area contributed by atoms with Crippen LogP contribution in [0.25, 0.3) is 0 Å². The van der Waals surface area contributed by atoms with Gasteiger partial charge in [-0.1, -0.05) is 27.4 Å². The van der Waals surface area contributed by atoms with Crippen LogP contribution >= 0.6 is 15.9 Å². The Bertz CT molecular complexity index is 158. The quantitative estimate of drug-likeness (QED) is 0.523. The minimum atomic E-state index is -1.61. The summed E-state index contributed by atoms with van der Waals surface area (Å²) in [4.78, 5) is 0. The standard InChI is InChI=1S/C8H17BrOSi/c1-7(9)10-11(5,6)8(2,3)4/h1H2,2-6H3. The fourth-order valence-electron chi connectivity index (χ4n) is 0.430. The minimum absolute atomic E-state index is 0.254. The zero-order valence-electron chi connectivity index (χ0n) is 7.99. The highest BCUT2D eigenvalue weighted by Gasteiger charge is 2.38. The summed E-state index contributed by atoms with van der Waals surface area (Å²) in [6.45, 7) is 14.7. The van der Waals surface area contributed by atoms with Crippen molar-refractivity contribution in [1.82, 2.24) is 0 Å². The van der Waals surface area contributed by atoms with E-state index < -0.39 is 8.32 Å². The van der Waals surface area contributed by atoms with Gasteiger partial charge in [-0.2, -0.15) is 0 Å². The van der Waals surface area contributed by atoms with E-state index in [9.17, 15) is 0 Å². The van der Waals surface area contributed by atoms with Gasteiger partial charge in [0.05, 0.1) is 0 Å². The molecule has 0 radical (unpaired) electrons. The molecule has 0 amide bonds. The largest absolute Gasteiger partial charge is 0.539 e. The molecule has 0 heterocycles. The Balaban J connectivity index is 4.34. The molecular weight excluding hydrogens is 220 g/mol. The fraction of sp³-hybridized carbons (Fsp3) is 0.750. The van der Waals surface area contributed by atoms with E-state index in [-0.39, 0.29) is 5.04 Å². The van der Waals surface area contributed by atoms with Crippen LogP contribution in [0.15, 0.2) is 11.2 Å². The van der Waals surface area contributed by atoms with Gasteiger partial charge in [0, 0.05) is 0 Å². The molecule has 0 aromatic carbocycles. The first-order chi connectivity index (χ1) is 4.67. The predicted molar refractivity (Wildman–Crippen MR) is 56.3 cm³/mol. The SMILES string of the molecule is C=C(Br)O[Si](C)(C)C(C)(C)C. The topological polar surface area (TPSA) is 9.23 Å². The van der Waals surface area contributed by atoms with Gasteiger partial charge in [-0.05, 0) is 34.1 Å². The molecule has 0 aliphatic carbocycles. The van der Waals surface area contributed by atoms with E-state index in [2.05, 4.69) is 56.4 Å². The van der Waals surface area contributed by atoms with Crippen LogP contribution < -0.4 is 0 Å². The molecule has 0 aliphatic heterocycles. The molecule has 0 saturated carbocycles. The van der Waals surface area contributed by atoms with Crippen molar-refractivity contribution in [2.45, 2.75) is 38.9 Å². The summed E-state index contributed by atoms with van der Waals surface area (Å²) in [5.41, 5.74) is 0. The first-order valence-electron chi connectivity index (χ1n) is 3.70. The Hall–Kier alpha value is 0.237. The van der Waals surface area contributed by atoms with E-state index in [1.54, 1.807) is 0 Å². The molecule has 1 nitrogen and oxygen atoms in total. The normalized spacial score (nSPS) is 12.9. The van der Waals surface area contributed by atoms with Crippen molar-refractivity contribution < 1.29 is 4.43 Å². The van der Waals surface area contributed by atoms with Gasteiger partial charge in [0.2, 0.25) is 0 Å². The Kier molecular flexibility index (Phi) is 3.38. The predicted octanol–water partition coefficient (Wildman–Crippen LogP) is 3.87. The average molecular weight is 237 g/mol. The summed E-state index contributed by atoms with van der Waals surface area (Å²) in [7, 11) is -1.61. The summed E-state index contributed by atoms with van der Waals surface area (Å²) in [5, 5.41) is 0.254. The van der Waals surface area contributed by atoms with Gasteiger partial charge in [0.25, 0.3) is 8.32 Å². The van der Waals surface area contributed by atoms with E-state index in [0.29, 0.717) is 4.67 Å². The lowest BCUT2D eigenvalue weighted by atomic mass is 10.2. The average Bonchev–Trinajstić information content (AvgIpc) is 1.56. The van der Waals surface area contributed by atoms with Crippen molar-refractivity contribution in [3.63, 3.8) is 0 Å². The van der Waals surface area contributed by atoms with Crippen LogP contribution in [0.2, 0.25) is 18.1 Å². The summed E-state index contributed by atoms with van der Waals surface area (Å²) < 4.78 is 6.32. The second kappa shape index (κ2) is 3.31. The molecule has 0 spiro atoms. The highest BCUT2D eigenvalue weighted by Crippen LogP contribution is 2.38. The van der Waals surface area contributed by atoms with Gasteiger partial charge in [-0.15, -0.1) is 0 Å². The molecule has 3 heteroatoms. The first-order valence-corrected chi connectivity index (χ1v) is 7.40. The van der Waals surface area contributed by atoms with E-state index >= 15 is 0 Å². The molecule has 0 unspecified atom stereocenters. The number of halogens is 1. The molecule has 0 bridgehead atoms. The highest BCUT2D eigenvalue weighted by atomic mass is 79.9. The van der Waals surface area contributed by atoms with Crippen LogP contribution in [-0.4, -0.2) is 8.32 Å².